The molecular formula is C15H24N2O2. The molecule has 19 heavy (non-hydrogen) atoms. The van der Waals surface area contributed by atoms with E-state index in [1.54, 1.807) is 0 Å². The monoisotopic (exact) mass is 264 g/mol. The predicted octanol–water partition coefficient (Wildman–Crippen LogP) is 1.64. The van der Waals surface area contributed by atoms with Crippen LogP contribution in [0.15, 0.2) is 24.3 Å². The number of hydrogen-bond acceptors (Lipinski definition) is 4. The molecule has 4 nitrogen and oxygen atoms in total. The molecule has 0 saturated carbocycles. The van der Waals surface area contributed by atoms with Gasteiger partial charge in [-0.05, 0) is 18.9 Å². The summed E-state index contributed by atoms with van der Waals surface area (Å²) in [5.74, 6) is 0.921. The third-order valence-electron chi connectivity index (χ3n) is 3.38. The Hall–Kier alpha value is -1.10. The molecule has 106 valence electrons. The molecule has 1 fully saturated rings. The average Bonchev–Trinajstić information content (AvgIpc) is 2.72. The molecule has 0 radical (unpaired) electrons. The third kappa shape index (κ3) is 4.82. The van der Waals surface area contributed by atoms with Crippen LogP contribution in [0.1, 0.15) is 18.4 Å². The van der Waals surface area contributed by atoms with Crippen LogP contribution in [0.4, 0.5) is 0 Å². The van der Waals surface area contributed by atoms with Gasteiger partial charge < -0.3 is 20.1 Å². The van der Waals surface area contributed by atoms with E-state index >= 15 is 0 Å². The van der Waals surface area contributed by atoms with Crippen LogP contribution in [0.3, 0.4) is 0 Å². The second-order valence-corrected chi connectivity index (χ2v) is 4.82. The Morgan fingerprint density at radius 3 is 3.00 bits per heavy atom. The molecule has 0 unspecified atom stereocenters. The van der Waals surface area contributed by atoms with E-state index in [2.05, 4.69) is 4.90 Å². The van der Waals surface area contributed by atoms with Crippen LogP contribution in [0.5, 0.6) is 5.75 Å². The van der Waals surface area contributed by atoms with Gasteiger partial charge in [0.25, 0.3) is 0 Å². The normalized spacial score (nSPS) is 17.1. The summed E-state index contributed by atoms with van der Waals surface area (Å²) in [5.41, 5.74) is 6.76. The summed E-state index contributed by atoms with van der Waals surface area (Å²) in [6, 6.07) is 7.98. The van der Waals surface area contributed by atoms with Gasteiger partial charge in [-0.1, -0.05) is 18.2 Å². The average molecular weight is 264 g/mol. The molecular weight excluding hydrogens is 240 g/mol. The zero-order valence-electron chi connectivity index (χ0n) is 11.5. The molecule has 0 spiro atoms. The summed E-state index contributed by atoms with van der Waals surface area (Å²) in [6.45, 7) is 6.29. The fraction of sp³-hybridized carbons (Fsp3) is 0.600. The minimum absolute atomic E-state index is 0.527. The van der Waals surface area contributed by atoms with Crippen molar-refractivity contribution in [1.29, 1.82) is 0 Å². The van der Waals surface area contributed by atoms with Crippen molar-refractivity contribution >= 4 is 0 Å². The Morgan fingerprint density at radius 1 is 1.21 bits per heavy atom. The second kappa shape index (κ2) is 8.15. The van der Waals surface area contributed by atoms with Crippen molar-refractivity contribution in [3.63, 3.8) is 0 Å². The van der Waals surface area contributed by atoms with E-state index in [1.807, 2.05) is 24.3 Å². The summed E-state index contributed by atoms with van der Waals surface area (Å²) in [5, 5.41) is 0. The molecule has 0 atom stereocenters. The molecule has 4 heteroatoms. The van der Waals surface area contributed by atoms with Crippen molar-refractivity contribution in [2.24, 2.45) is 5.73 Å². The first-order valence-electron chi connectivity index (χ1n) is 7.11. The highest BCUT2D eigenvalue weighted by Gasteiger charge is 2.08. The van der Waals surface area contributed by atoms with Crippen LogP contribution in [0.25, 0.3) is 0 Å². The fourth-order valence-corrected chi connectivity index (χ4v) is 2.30. The van der Waals surface area contributed by atoms with Gasteiger partial charge >= 0.3 is 0 Å². The Labute approximate surface area is 115 Å². The molecule has 0 bridgehead atoms. The molecule has 1 aromatic rings. The summed E-state index contributed by atoms with van der Waals surface area (Å²) < 4.78 is 11.3. The Balaban J connectivity index is 1.68. The van der Waals surface area contributed by atoms with Crippen LogP contribution < -0.4 is 10.5 Å². The van der Waals surface area contributed by atoms with E-state index in [9.17, 15) is 0 Å². The zero-order chi connectivity index (χ0) is 13.3. The van der Waals surface area contributed by atoms with Gasteiger partial charge in [-0.25, -0.2) is 0 Å². The molecule has 1 aliphatic rings. The van der Waals surface area contributed by atoms with Crippen LogP contribution in [-0.2, 0) is 11.3 Å². The lowest BCUT2D eigenvalue weighted by Crippen LogP contribution is -2.28. The van der Waals surface area contributed by atoms with Crippen LogP contribution in [0, 0.1) is 0 Å². The molecule has 1 saturated heterocycles. The maximum absolute atomic E-state index is 5.81. The number of rotatable bonds is 6. The van der Waals surface area contributed by atoms with E-state index in [0.717, 1.165) is 63.6 Å². The molecule has 1 heterocycles. The first-order chi connectivity index (χ1) is 9.40. The Bertz CT molecular complexity index is 363. The van der Waals surface area contributed by atoms with E-state index < -0.39 is 0 Å². The molecule has 0 aromatic heterocycles. The lowest BCUT2D eigenvalue weighted by atomic mass is 10.2. The first-order valence-corrected chi connectivity index (χ1v) is 7.11. The molecule has 0 aliphatic carbocycles. The molecule has 1 aliphatic heterocycles. The number of para-hydroxylation sites is 1. The Morgan fingerprint density at radius 2 is 2.11 bits per heavy atom. The van der Waals surface area contributed by atoms with Gasteiger partial charge in [0.15, 0.2) is 0 Å². The first kappa shape index (κ1) is 14.3. The van der Waals surface area contributed by atoms with E-state index in [4.69, 9.17) is 15.2 Å². The van der Waals surface area contributed by atoms with Crippen LogP contribution >= 0.6 is 0 Å². The lowest BCUT2D eigenvalue weighted by Gasteiger charge is -2.19. The van der Waals surface area contributed by atoms with Crippen LogP contribution in [-0.4, -0.2) is 44.4 Å². The maximum Gasteiger partial charge on any atom is 0.123 e. The number of benzene rings is 1. The largest absolute Gasteiger partial charge is 0.493 e. The third-order valence-corrected chi connectivity index (χ3v) is 3.38. The number of nitrogens with two attached hydrogens (primary N) is 1. The smallest absolute Gasteiger partial charge is 0.123 e. The summed E-state index contributed by atoms with van der Waals surface area (Å²) in [7, 11) is 0. The second-order valence-electron chi connectivity index (χ2n) is 4.82. The minimum atomic E-state index is 0.527. The lowest BCUT2D eigenvalue weighted by molar-refractivity contribution is 0.140. The fourth-order valence-electron chi connectivity index (χ4n) is 2.30. The van der Waals surface area contributed by atoms with Crippen molar-refractivity contribution in [2.45, 2.75) is 19.4 Å². The zero-order valence-corrected chi connectivity index (χ0v) is 11.5. The summed E-state index contributed by atoms with van der Waals surface area (Å²) in [4.78, 5) is 2.45. The molecule has 2 rings (SSSR count). The van der Waals surface area contributed by atoms with Gasteiger partial charge in [-0.3, -0.25) is 0 Å². The van der Waals surface area contributed by atoms with Gasteiger partial charge in [-0.2, -0.15) is 0 Å². The quantitative estimate of drug-likeness (QED) is 0.794. The number of hydrogen-bond donors (Lipinski definition) is 1. The van der Waals surface area contributed by atoms with Crippen molar-refractivity contribution in [3.05, 3.63) is 29.8 Å². The highest BCUT2D eigenvalue weighted by Crippen LogP contribution is 2.17. The molecule has 2 N–H and O–H groups in total. The van der Waals surface area contributed by atoms with Gasteiger partial charge in [0, 0.05) is 38.3 Å². The maximum atomic E-state index is 5.81. The highest BCUT2D eigenvalue weighted by molar-refractivity contribution is 5.32. The molecule has 1 aromatic carbocycles. The number of ether oxygens (including phenoxy) is 2. The van der Waals surface area contributed by atoms with E-state index in [-0.39, 0.29) is 0 Å². The molecule has 0 amide bonds. The van der Waals surface area contributed by atoms with E-state index in [1.165, 1.54) is 0 Å². The standard InChI is InChI=1S/C15H24N2O2/c16-13-14-5-1-2-6-15(14)19-11-4-8-17-7-3-10-18-12-9-17/h1-2,5-6H,3-4,7-13,16H2. The van der Waals surface area contributed by atoms with Crippen LogP contribution in [0.2, 0.25) is 0 Å². The van der Waals surface area contributed by atoms with Crippen molar-refractivity contribution in [1.82, 2.24) is 4.90 Å². The minimum Gasteiger partial charge on any atom is -0.493 e. The number of nitrogens with zero attached hydrogens (tertiary/aromatic N) is 1. The highest BCUT2D eigenvalue weighted by atomic mass is 16.5. The Kier molecular flexibility index (Phi) is 6.14. The van der Waals surface area contributed by atoms with Gasteiger partial charge in [0.1, 0.15) is 5.75 Å². The van der Waals surface area contributed by atoms with E-state index in [0.29, 0.717) is 6.54 Å². The van der Waals surface area contributed by atoms with Gasteiger partial charge in [0.05, 0.1) is 13.2 Å². The van der Waals surface area contributed by atoms with Gasteiger partial charge in [0.2, 0.25) is 0 Å². The van der Waals surface area contributed by atoms with Crippen molar-refractivity contribution in [3.8, 4) is 5.75 Å². The van der Waals surface area contributed by atoms with Crippen molar-refractivity contribution < 1.29 is 9.47 Å². The van der Waals surface area contributed by atoms with Gasteiger partial charge in [-0.15, -0.1) is 0 Å². The van der Waals surface area contributed by atoms with Crippen molar-refractivity contribution in [2.75, 3.05) is 39.5 Å². The SMILES string of the molecule is NCc1ccccc1OCCCN1CCCOCC1. The summed E-state index contributed by atoms with van der Waals surface area (Å²) >= 11 is 0. The summed E-state index contributed by atoms with van der Waals surface area (Å²) in [6.07, 6.45) is 2.18. The topological polar surface area (TPSA) is 47.7 Å². The predicted molar refractivity (Wildman–Crippen MR) is 76.3 cm³/mol.